The van der Waals surface area contributed by atoms with Gasteiger partial charge in [-0.25, -0.2) is 8.42 Å². The first-order valence-electron chi connectivity index (χ1n) is 5.98. The highest BCUT2D eigenvalue weighted by atomic mass is 35.5. The third kappa shape index (κ3) is 4.26. The first kappa shape index (κ1) is 17.6. The van der Waals surface area contributed by atoms with E-state index in [0.717, 1.165) is 22.0 Å². The molecule has 0 saturated heterocycles. The number of rotatable bonds is 1. The minimum atomic E-state index is -3.92. The second-order valence-electron chi connectivity index (χ2n) is 5.18. The van der Waals surface area contributed by atoms with Gasteiger partial charge in [0.1, 0.15) is 13.3 Å². The smallest absolute Gasteiger partial charge is 0.213 e. The van der Waals surface area contributed by atoms with Crippen LogP contribution in [-0.2, 0) is 15.5 Å². The molecule has 21 heavy (non-hydrogen) atoms. The largest absolute Gasteiger partial charge is 0.748 e. The minimum Gasteiger partial charge on any atom is -0.748 e. The molecule has 0 amide bonds. The van der Waals surface area contributed by atoms with Gasteiger partial charge in [0.25, 0.3) is 0 Å². The Labute approximate surface area is 129 Å². The van der Waals surface area contributed by atoms with Crippen LogP contribution in [0.4, 0.5) is 5.69 Å². The number of benzene rings is 1. The molecule has 0 fully saturated rings. The van der Waals surface area contributed by atoms with Gasteiger partial charge in [-0.1, -0.05) is 16.8 Å². The van der Waals surface area contributed by atoms with Gasteiger partial charge in [0, 0.05) is 22.9 Å². The summed E-state index contributed by atoms with van der Waals surface area (Å²) < 4.78 is 29.2. The highest BCUT2D eigenvalue weighted by molar-refractivity contribution is 7.84. The molecule has 0 aromatic heterocycles. The van der Waals surface area contributed by atoms with Gasteiger partial charge in [0.15, 0.2) is 0 Å². The molecular weight excluding hydrogens is 316 g/mol. The fourth-order valence-electron chi connectivity index (χ4n) is 2.29. The molecule has 0 radical (unpaired) electrons. The molecule has 1 heterocycles. The third-order valence-electron chi connectivity index (χ3n) is 3.18. The second kappa shape index (κ2) is 6.13. The maximum Gasteiger partial charge on any atom is 0.213 e. The van der Waals surface area contributed by atoms with Crippen molar-refractivity contribution in [2.24, 2.45) is 5.16 Å². The van der Waals surface area contributed by atoms with Crippen molar-refractivity contribution < 1.29 is 22.8 Å². The standard InChI is InChI=1S/C12H13ClN2O.CH4O3S/c1-12(2)9-6-8(13)4-5-10(9)15(3)11(12)7-14-16;1-5(2,3)4/h4-7H,1-3H3;1H3,(H,2,3,4). The minimum absolute atomic E-state index is 0.193. The second-order valence-corrected chi connectivity index (χ2v) is 7.02. The molecule has 1 aliphatic heterocycles. The quantitative estimate of drug-likeness (QED) is 0.280. The zero-order valence-electron chi connectivity index (χ0n) is 12.2. The first-order chi connectivity index (χ1) is 9.48. The van der Waals surface area contributed by atoms with Crippen molar-refractivity contribution in [3.05, 3.63) is 28.8 Å². The van der Waals surface area contributed by atoms with Crippen molar-refractivity contribution in [1.82, 2.24) is 0 Å². The van der Waals surface area contributed by atoms with E-state index in [1.807, 2.05) is 29.8 Å². The van der Waals surface area contributed by atoms with Crippen molar-refractivity contribution in [3.63, 3.8) is 0 Å². The zero-order chi connectivity index (χ0) is 16.4. The SMILES string of the molecule is CS(=O)(=O)[O-].C[N+]1=C(C=NO)C(C)(C)c2cc(Cl)ccc21. The summed E-state index contributed by atoms with van der Waals surface area (Å²) in [4.78, 5) is 0. The van der Waals surface area contributed by atoms with E-state index in [1.165, 1.54) is 6.21 Å². The number of hydrogen-bond donors (Lipinski definition) is 1. The fourth-order valence-corrected chi connectivity index (χ4v) is 2.46. The molecule has 0 saturated carbocycles. The van der Waals surface area contributed by atoms with Gasteiger partial charge in [-0.3, -0.25) is 0 Å². The van der Waals surface area contributed by atoms with Crippen LogP contribution >= 0.6 is 11.6 Å². The molecule has 0 aliphatic carbocycles. The first-order valence-corrected chi connectivity index (χ1v) is 8.17. The molecule has 6 nitrogen and oxygen atoms in total. The summed E-state index contributed by atoms with van der Waals surface area (Å²) in [5.74, 6) is 0. The van der Waals surface area contributed by atoms with Crippen molar-refractivity contribution >= 4 is 39.3 Å². The van der Waals surface area contributed by atoms with Crippen molar-refractivity contribution in [2.45, 2.75) is 19.3 Å². The maximum atomic E-state index is 9.08. The molecule has 8 heteroatoms. The van der Waals surface area contributed by atoms with Crippen LogP contribution in [0.1, 0.15) is 19.4 Å². The van der Waals surface area contributed by atoms with Gasteiger partial charge in [-0.2, -0.15) is 4.58 Å². The highest BCUT2D eigenvalue weighted by Gasteiger charge is 2.43. The van der Waals surface area contributed by atoms with Crippen molar-refractivity contribution in [3.8, 4) is 0 Å². The lowest BCUT2D eigenvalue weighted by atomic mass is 9.82. The number of hydrogen-bond acceptors (Lipinski definition) is 5. The Kier molecular flexibility index (Phi) is 5.14. The third-order valence-corrected chi connectivity index (χ3v) is 3.41. The van der Waals surface area contributed by atoms with Crippen LogP contribution in [0.15, 0.2) is 23.4 Å². The predicted molar refractivity (Wildman–Crippen MR) is 81.2 cm³/mol. The molecule has 1 aliphatic rings. The van der Waals surface area contributed by atoms with E-state index in [0.29, 0.717) is 6.26 Å². The lowest BCUT2D eigenvalue weighted by molar-refractivity contribution is -0.400. The molecule has 1 N–H and O–H groups in total. The van der Waals surface area contributed by atoms with Crippen LogP contribution in [0.2, 0.25) is 5.02 Å². The lowest BCUT2D eigenvalue weighted by Gasteiger charge is -2.14. The topological polar surface area (TPSA) is 92.8 Å². The molecular formula is C13H17ClN2O4S. The van der Waals surface area contributed by atoms with Crippen LogP contribution in [0.25, 0.3) is 0 Å². The van der Waals surface area contributed by atoms with Gasteiger partial charge < -0.3 is 9.76 Å². The average molecular weight is 333 g/mol. The van der Waals surface area contributed by atoms with E-state index in [2.05, 4.69) is 19.0 Å². The molecule has 0 atom stereocenters. The van der Waals surface area contributed by atoms with Crippen LogP contribution in [-0.4, -0.2) is 48.0 Å². The van der Waals surface area contributed by atoms with Gasteiger partial charge in [-0.05, 0) is 26.0 Å². The molecule has 0 spiro atoms. The Morgan fingerprint density at radius 1 is 1.43 bits per heavy atom. The number of oxime groups is 1. The summed E-state index contributed by atoms with van der Waals surface area (Å²) in [5.41, 5.74) is 3.01. The molecule has 1 aromatic rings. The monoisotopic (exact) mass is 332 g/mol. The summed E-state index contributed by atoms with van der Waals surface area (Å²) in [6, 6.07) is 5.81. The number of nitrogens with zero attached hydrogens (tertiary/aromatic N) is 2. The molecule has 0 unspecified atom stereocenters. The Morgan fingerprint density at radius 3 is 2.43 bits per heavy atom. The van der Waals surface area contributed by atoms with Gasteiger partial charge in [0.05, 0.1) is 15.5 Å². The van der Waals surface area contributed by atoms with E-state index >= 15 is 0 Å². The Bertz CT molecular complexity index is 701. The van der Waals surface area contributed by atoms with E-state index in [-0.39, 0.29) is 5.41 Å². The van der Waals surface area contributed by atoms with Gasteiger partial charge in [0.2, 0.25) is 11.4 Å². The van der Waals surface area contributed by atoms with E-state index in [1.54, 1.807) is 0 Å². The Balaban J connectivity index is 0.000000383. The van der Waals surface area contributed by atoms with Gasteiger partial charge >= 0.3 is 0 Å². The molecule has 1 aromatic carbocycles. The van der Waals surface area contributed by atoms with Gasteiger partial charge in [-0.15, -0.1) is 0 Å². The van der Waals surface area contributed by atoms with Crippen molar-refractivity contribution in [1.29, 1.82) is 0 Å². The fraction of sp³-hybridized carbons (Fsp3) is 0.385. The zero-order valence-corrected chi connectivity index (χ0v) is 13.7. The summed E-state index contributed by atoms with van der Waals surface area (Å²) in [6.45, 7) is 4.17. The molecule has 2 rings (SSSR count). The maximum absolute atomic E-state index is 9.08. The summed E-state index contributed by atoms with van der Waals surface area (Å²) in [7, 11) is -1.96. The van der Waals surface area contributed by atoms with Crippen LogP contribution in [0, 0.1) is 0 Å². The van der Waals surface area contributed by atoms with E-state index < -0.39 is 10.1 Å². The molecule has 0 bridgehead atoms. The highest BCUT2D eigenvalue weighted by Crippen LogP contribution is 2.39. The van der Waals surface area contributed by atoms with Crippen LogP contribution < -0.4 is 0 Å². The lowest BCUT2D eigenvalue weighted by Crippen LogP contribution is -2.29. The van der Waals surface area contributed by atoms with Crippen molar-refractivity contribution in [2.75, 3.05) is 13.3 Å². The normalized spacial score (nSPS) is 16.7. The molecule has 116 valence electrons. The van der Waals surface area contributed by atoms with E-state index in [9.17, 15) is 0 Å². The number of halogens is 1. The Hall–Kier alpha value is -1.44. The summed E-state index contributed by atoms with van der Waals surface area (Å²) in [6.07, 6.45) is 2.08. The summed E-state index contributed by atoms with van der Waals surface area (Å²) in [5, 5.41) is 12.6. The van der Waals surface area contributed by atoms with Crippen LogP contribution in [0.5, 0.6) is 0 Å². The van der Waals surface area contributed by atoms with Crippen LogP contribution in [0.3, 0.4) is 0 Å². The number of fused-ring (bicyclic) bond motifs is 1. The Morgan fingerprint density at radius 2 is 1.95 bits per heavy atom. The van der Waals surface area contributed by atoms with E-state index in [4.69, 9.17) is 29.8 Å². The predicted octanol–water partition coefficient (Wildman–Crippen LogP) is 1.97. The average Bonchev–Trinajstić information content (AvgIpc) is 2.49. The summed E-state index contributed by atoms with van der Waals surface area (Å²) >= 11 is 6.01.